The summed E-state index contributed by atoms with van der Waals surface area (Å²) >= 11 is 0. The molecule has 0 bridgehead atoms. The molecule has 2 rings (SSSR count). The number of phenols is 1. The summed E-state index contributed by atoms with van der Waals surface area (Å²) in [6.45, 7) is 4.16. The minimum Gasteiger partial charge on any atom is -0.508 e. The largest absolute Gasteiger partial charge is 0.508 e. The minimum atomic E-state index is 0.160. The van der Waals surface area contributed by atoms with Crippen LogP contribution >= 0.6 is 0 Å². The van der Waals surface area contributed by atoms with E-state index in [0.29, 0.717) is 11.3 Å². The van der Waals surface area contributed by atoms with Crippen LogP contribution in [0.1, 0.15) is 26.7 Å². The zero-order valence-corrected chi connectivity index (χ0v) is 12.2. The van der Waals surface area contributed by atoms with Crippen molar-refractivity contribution in [1.29, 1.82) is 0 Å². The number of hydrogen-bond acceptors (Lipinski definition) is 4. The Kier molecular flexibility index (Phi) is 4.93. The van der Waals surface area contributed by atoms with Gasteiger partial charge in [0.2, 0.25) is 0 Å². The Labute approximate surface area is 124 Å². The first-order valence-electron chi connectivity index (χ1n) is 7.11. The van der Waals surface area contributed by atoms with Crippen LogP contribution in [0.15, 0.2) is 47.6 Å². The number of aromatic hydroxyl groups is 1. The molecule has 4 nitrogen and oxygen atoms in total. The first kappa shape index (κ1) is 15.0. The van der Waals surface area contributed by atoms with Gasteiger partial charge in [-0.25, -0.2) is 0 Å². The lowest BCUT2D eigenvalue weighted by Gasteiger charge is -2.16. The Morgan fingerprint density at radius 2 is 1.76 bits per heavy atom. The lowest BCUT2D eigenvalue weighted by Crippen LogP contribution is -2.13. The third-order valence-corrected chi connectivity index (χ3v) is 3.46. The van der Waals surface area contributed by atoms with Crippen molar-refractivity contribution in [2.75, 3.05) is 0 Å². The summed E-state index contributed by atoms with van der Waals surface area (Å²) in [5, 5.41) is 12.4. The van der Waals surface area contributed by atoms with Gasteiger partial charge in [0.05, 0.1) is 6.10 Å². The predicted octanol–water partition coefficient (Wildman–Crippen LogP) is 5.02. The van der Waals surface area contributed by atoms with Gasteiger partial charge < -0.3 is 9.84 Å². The lowest BCUT2D eigenvalue weighted by atomic mass is 10.0. The average molecular weight is 285 g/mol. The smallest absolute Gasteiger partial charge is 0.120 e. The molecule has 2 aromatic carbocycles. The number of rotatable bonds is 6. The molecule has 0 fully saturated rings. The monoisotopic (exact) mass is 285 g/mol. The lowest BCUT2D eigenvalue weighted by molar-refractivity contribution is 0.193. The molecular weight excluding hydrogens is 266 g/mol. The van der Waals surface area contributed by atoms with Gasteiger partial charge in [-0.05, 0) is 53.9 Å². The molecule has 0 amide bonds. The summed E-state index contributed by atoms with van der Waals surface area (Å²) in [6.07, 6.45) is 2.02. The summed E-state index contributed by atoms with van der Waals surface area (Å²) in [7, 11) is 0. The highest BCUT2D eigenvalue weighted by atomic mass is 16.5. The zero-order chi connectivity index (χ0) is 15.2. The molecule has 4 heteroatoms. The molecule has 0 aliphatic carbocycles. The molecule has 0 spiro atoms. The van der Waals surface area contributed by atoms with Gasteiger partial charge in [0.25, 0.3) is 0 Å². The summed E-state index contributed by atoms with van der Waals surface area (Å²) in [5.41, 5.74) is 1.88. The normalized spacial score (nSPS) is 10.6. The van der Waals surface area contributed by atoms with Crippen molar-refractivity contribution in [2.24, 2.45) is 5.18 Å². The van der Waals surface area contributed by atoms with Gasteiger partial charge in [-0.1, -0.05) is 26.0 Å². The fraction of sp³-hybridized carbons (Fsp3) is 0.294. The van der Waals surface area contributed by atoms with Crippen LogP contribution < -0.4 is 4.74 Å². The van der Waals surface area contributed by atoms with Crippen molar-refractivity contribution in [3.05, 3.63) is 47.4 Å². The van der Waals surface area contributed by atoms with Crippen LogP contribution in [0.5, 0.6) is 11.5 Å². The molecule has 110 valence electrons. The van der Waals surface area contributed by atoms with E-state index < -0.39 is 0 Å². The van der Waals surface area contributed by atoms with Crippen LogP contribution in [-0.4, -0.2) is 11.2 Å². The molecule has 0 saturated heterocycles. The van der Waals surface area contributed by atoms with Crippen LogP contribution in [-0.2, 0) is 0 Å². The van der Waals surface area contributed by atoms with Crippen molar-refractivity contribution in [3.63, 3.8) is 0 Å². The maximum atomic E-state index is 11.0. The number of phenolic OH excluding ortho intramolecular Hbond substituents is 1. The summed E-state index contributed by atoms with van der Waals surface area (Å²) in [5.74, 6) is 0.906. The van der Waals surface area contributed by atoms with Gasteiger partial charge in [0.1, 0.15) is 17.2 Å². The standard InChI is InChI=1S/C17H19NO3/c1-3-14(4-2)21-15-9-10-17(18-20)16(11-15)12-5-7-13(19)8-6-12/h5-11,14,19H,3-4H2,1-2H3. The second kappa shape index (κ2) is 6.88. The van der Waals surface area contributed by atoms with Crippen LogP contribution in [0.2, 0.25) is 0 Å². The van der Waals surface area contributed by atoms with E-state index in [1.807, 2.05) is 6.07 Å². The predicted molar refractivity (Wildman–Crippen MR) is 84.0 cm³/mol. The molecule has 2 aromatic rings. The van der Waals surface area contributed by atoms with E-state index in [2.05, 4.69) is 19.0 Å². The van der Waals surface area contributed by atoms with Crippen molar-refractivity contribution in [1.82, 2.24) is 0 Å². The SMILES string of the molecule is CCC(CC)Oc1ccc(N=O)c(-c2ccc(O)cc2)c1. The number of benzene rings is 2. The molecule has 0 atom stereocenters. The van der Waals surface area contributed by atoms with Gasteiger partial charge in [-0.2, -0.15) is 0 Å². The molecule has 0 aliphatic rings. The van der Waals surface area contributed by atoms with Gasteiger partial charge >= 0.3 is 0 Å². The summed E-state index contributed by atoms with van der Waals surface area (Å²) in [6, 6.07) is 11.9. The number of nitroso groups, excluding NO2 is 1. The van der Waals surface area contributed by atoms with E-state index in [0.717, 1.165) is 24.2 Å². The second-order valence-electron chi connectivity index (χ2n) is 4.87. The second-order valence-corrected chi connectivity index (χ2v) is 4.87. The molecule has 0 unspecified atom stereocenters. The highest BCUT2D eigenvalue weighted by molar-refractivity contribution is 5.77. The first-order chi connectivity index (χ1) is 10.2. The van der Waals surface area contributed by atoms with Crippen molar-refractivity contribution in [3.8, 4) is 22.6 Å². The number of hydrogen-bond donors (Lipinski definition) is 1. The Bertz CT molecular complexity index is 604. The van der Waals surface area contributed by atoms with E-state index >= 15 is 0 Å². The molecule has 0 radical (unpaired) electrons. The summed E-state index contributed by atoms with van der Waals surface area (Å²) in [4.78, 5) is 11.0. The quantitative estimate of drug-likeness (QED) is 0.758. The number of ether oxygens (including phenoxy) is 1. The zero-order valence-electron chi connectivity index (χ0n) is 12.2. The third kappa shape index (κ3) is 3.60. The molecule has 21 heavy (non-hydrogen) atoms. The van der Waals surface area contributed by atoms with Crippen molar-refractivity contribution >= 4 is 5.69 Å². The van der Waals surface area contributed by atoms with Crippen LogP contribution in [0.25, 0.3) is 11.1 Å². The summed E-state index contributed by atoms with van der Waals surface area (Å²) < 4.78 is 5.91. The Balaban J connectivity index is 2.38. The molecule has 0 aliphatic heterocycles. The maximum absolute atomic E-state index is 11.0. The van der Waals surface area contributed by atoms with Gasteiger partial charge in [-0.3, -0.25) is 0 Å². The fourth-order valence-electron chi connectivity index (χ4n) is 2.19. The van der Waals surface area contributed by atoms with E-state index in [1.165, 1.54) is 0 Å². The highest BCUT2D eigenvalue weighted by Crippen LogP contribution is 2.34. The average Bonchev–Trinajstić information content (AvgIpc) is 2.53. The fourth-order valence-corrected chi connectivity index (χ4v) is 2.19. The van der Waals surface area contributed by atoms with Gasteiger partial charge in [0, 0.05) is 5.56 Å². The van der Waals surface area contributed by atoms with Crippen molar-refractivity contribution < 1.29 is 9.84 Å². The van der Waals surface area contributed by atoms with E-state index in [-0.39, 0.29) is 11.9 Å². The highest BCUT2D eigenvalue weighted by Gasteiger charge is 2.11. The van der Waals surface area contributed by atoms with Crippen molar-refractivity contribution in [2.45, 2.75) is 32.8 Å². The first-order valence-corrected chi connectivity index (χ1v) is 7.11. The Morgan fingerprint density at radius 1 is 1.10 bits per heavy atom. The van der Waals surface area contributed by atoms with E-state index in [1.54, 1.807) is 36.4 Å². The van der Waals surface area contributed by atoms with Gasteiger partial charge in [-0.15, -0.1) is 4.91 Å². The topological polar surface area (TPSA) is 58.9 Å². The third-order valence-electron chi connectivity index (χ3n) is 3.46. The minimum absolute atomic E-state index is 0.160. The van der Waals surface area contributed by atoms with E-state index in [9.17, 15) is 10.0 Å². The maximum Gasteiger partial charge on any atom is 0.120 e. The van der Waals surface area contributed by atoms with Crippen LogP contribution in [0.3, 0.4) is 0 Å². The number of nitrogens with zero attached hydrogens (tertiary/aromatic N) is 1. The molecular formula is C17H19NO3. The molecule has 0 saturated carbocycles. The van der Waals surface area contributed by atoms with Crippen LogP contribution in [0, 0.1) is 4.91 Å². The Morgan fingerprint density at radius 3 is 2.33 bits per heavy atom. The molecule has 0 aromatic heterocycles. The molecule has 1 N–H and O–H groups in total. The Hall–Kier alpha value is -2.36. The van der Waals surface area contributed by atoms with E-state index in [4.69, 9.17) is 4.74 Å². The van der Waals surface area contributed by atoms with Crippen LogP contribution in [0.4, 0.5) is 5.69 Å². The van der Waals surface area contributed by atoms with Gasteiger partial charge in [0.15, 0.2) is 0 Å². The molecule has 0 heterocycles.